The van der Waals surface area contributed by atoms with Crippen molar-refractivity contribution in [3.8, 4) is 0 Å². The predicted octanol–water partition coefficient (Wildman–Crippen LogP) is 4.06. The SMILES string of the molecule is O=C(Nc1nc2ccc(Br)cc2s1)c1ccc(N2CCOCC2)c([N+](=O)[O-])c1. The summed E-state index contributed by atoms with van der Waals surface area (Å²) in [6, 6.07) is 10.2. The maximum Gasteiger partial charge on any atom is 0.293 e. The van der Waals surface area contributed by atoms with Crippen LogP contribution in [0.2, 0.25) is 0 Å². The molecule has 0 atom stereocenters. The van der Waals surface area contributed by atoms with Crippen LogP contribution in [0.4, 0.5) is 16.5 Å². The van der Waals surface area contributed by atoms with E-state index in [0.717, 1.165) is 14.7 Å². The number of morpholine rings is 1. The zero-order chi connectivity index (χ0) is 19.7. The number of nitrogens with zero attached hydrogens (tertiary/aromatic N) is 3. The summed E-state index contributed by atoms with van der Waals surface area (Å²) in [6.45, 7) is 2.20. The number of ether oxygens (including phenoxy) is 1. The van der Waals surface area contributed by atoms with Crippen LogP contribution in [0.25, 0.3) is 10.2 Å². The Balaban J connectivity index is 1.59. The molecule has 10 heteroatoms. The molecule has 0 radical (unpaired) electrons. The maximum atomic E-state index is 12.6. The van der Waals surface area contributed by atoms with Gasteiger partial charge in [-0.25, -0.2) is 4.98 Å². The normalized spacial score (nSPS) is 14.2. The minimum atomic E-state index is -0.462. The first-order valence-corrected chi connectivity index (χ1v) is 10.1. The van der Waals surface area contributed by atoms with E-state index in [0.29, 0.717) is 37.1 Å². The van der Waals surface area contributed by atoms with Crippen molar-refractivity contribution in [3.63, 3.8) is 0 Å². The molecule has 1 aromatic heterocycles. The first-order chi connectivity index (χ1) is 13.5. The Kier molecular flexibility index (Phi) is 5.25. The lowest BCUT2D eigenvalue weighted by atomic mass is 10.1. The Hall–Kier alpha value is -2.56. The van der Waals surface area contributed by atoms with Gasteiger partial charge in [0, 0.05) is 29.2 Å². The molecule has 0 aliphatic carbocycles. The van der Waals surface area contributed by atoms with Gasteiger partial charge in [0.15, 0.2) is 5.13 Å². The van der Waals surface area contributed by atoms with Gasteiger partial charge < -0.3 is 9.64 Å². The highest BCUT2D eigenvalue weighted by atomic mass is 79.9. The van der Waals surface area contributed by atoms with Crippen molar-refractivity contribution in [2.75, 3.05) is 36.5 Å². The van der Waals surface area contributed by atoms with Gasteiger partial charge in [-0.1, -0.05) is 27.3 Å². The van der Waals surface area contributed by atoms with Crippen molar-refractivity contribution in [3.05, 3.63) is 56.5 Å². The third-order valence-corrected chi connectivity index (χ3v) is 5.78. The van der Waals surface area contributed by atoms with E-state index < -0.39 is 10.8 Å². The molecule has 144 valence electrons. The van der Waals surface area contributed by atoms with Crippen LogP contribution in [0.15, 0.2) is 40.9 Å². The van der Waals surface area contributed by atoms with Crippen LogP contribution in [0.5, 0.6) is 0 Å². The average molecular weight is 463 g/mol. The number of nitrogens with one attached hydrogen (secondary N) is 1. The van der Waals surface area contributed by atoms with Crippen molar-refractivity contribution in [2.45, 2.75) is 0 Å². The number of thiazole rings is 1. The number of carbonyl (C=O) groups is 1. The van der Waals surface area contributed by atoms with Crippen LogP contribution in [0, 0.1) is 10.1 Å². The van der Waals surface area contributed by atoms with Gasteiger partial charge >= 0.3 is 0 Å². The fourth-order valence-electron chi connectivity index (χ4n) is 3.00. The van der Waals surface area contributed by atoms with Gasteiger partial charge in [0.1, 0.15) is 5.69 Å². The standard InChI is InChI=1S/C18H15BrN4O4S/c19-12-2-3-13-16(10-12)28-18(20-13)21-17(24)11-1-4-14(15(9-11)23(25)26)22-5-7-27-8-6-22/h1-4,9-10H,5-8H2,(H,20,21,24). The molecule has 1 aliphatic rings. The lowest BCUT2D eigenvalue weighted by molar-refractivity contribution is -0.384. The van der Waals surface area contributed by atoms with E-state index in [1.807, 2.05) is 23.1 Å². The van der Waals surface area contributed by atoms with Gasteiger partial charge in [0.05, 0.1) is 28.4 Å². The van der Waals surface area contributed by atoms with Gasteiger partial charge in [-0.05, 0) is 30.3 Å². The topological polar surface area (TPSA) is 97.6 Å². The average Bonchev–Trinajstić information content (AvgIpc) is 3.09. The van der Waals surface area contributed by atoms with Gasteiger partial charge in [-0.15, -0.1) is 0 Å². The molecule has 8 nitrogen and oxygen atoms in total. The maximum absolute atomic E-state index is 12.6. The molecule has 2 aromatic carbocycles. The Morgan fingerprint density at radius 2 is 2.04 bits per heavy atom. The molecule has 28 heavy (non-hydrogen) atoms. The zero-order valence-corrected chi connectivity index (χ0v) is 17.0. The van der Waals surface area contributed by atoms with Gasteiger partial charge in [0.2, 0.25) is 0 Å². The van der Waals surface area contributed by atoms with Crippen LogP contribution >= 0.6 is 27.3 Å². The Bertz CT molecular complexity index is 1060. The second kappa shape index (κ2) is 7.82. The quantitative estimate of drug-likeness (QED) is 0.463. The Labute approximate surface area is 172 Å². The second-order valence-electron chi connectivity index (χ2n) is 6.15. The fourth-order valence-corrected chi connectivity index (χ4v) is 4.42. The van der Waals surface area contributed by atoms with Gasteiger partial charge in [-0.2, -0.15) is 0 Å². The number of rotatable bonds is 4. The third-order valence-electron chi connectivity index (χ3n) is 4.36. The molecule has 0 bridgehead atoms. The summed E-state index contributed by atoms with van der Waals surface area (Å²) < 4.78 is 7.15. The highest BCUT2D eigenvalue weighted by Crippen LogP contribution is 2.31. The molecule has 0 saturated carbocycles. The third kappa shape index (κ3) is 3.84. The number of hydrogen-bond acceptors (Lipinski definition) is 7. The number of halogens is 1. The minimum absolute atomic E-state index is 0.0946. The van der Waals surface area contributed by atoms with Crippen molar-refractivity contribution in [1.82, 2.24) is 4.98 Å². The molecular formula is C18H15BrN4O4S. The van der Waals surface area contributed by atoms with E-state index in [9.17, 15) is 14.9 Å². The van der Waals surface area contributed by atoms with E-state index in [1.165, 1.54) is 17.4 Å². The molecule has 1 N–H and O–H groups in total. The van der Waals surface area contributed by atoms with E-state index in [-0.39, 0.29) is 11.3 Å². The van der Waals surface area contributed by atoms with Crippen molar-refractivity contribution in [1.29, 1.82) is 0 Å². The summed E-state index contributed by atoms with van der Waals surface area (Å²) in [6.07, 6.45) is 0. The summed E-state index contributed by atoms with van der Waals surface area (Å²) in [5.74, 6) is -0.435. The van der Waals surface area contributed by atoms with Crippen LogP contribution < -0.4 is 10.2 Å². The Morgan fingerprint density at radius 1 is 1.25 bits per heavy atom. The zero-order valence-electron chi connectivity index (χ0n) is 14.6. The molecule has 1 aliphatic heterocycles. The summed E-state index contributed by atoms with van der Waals surface area (Å²) in [7, 11) is 0. The summed E-state index contributed by atoms with van der Waals surface area (Å²) >= 11 is 4.75. The van der Waals surface area contributed by atoms with Gasteiger partial charge in [0.25, 0.3) is 11.6 Å². The number of anilines is 2. The fraction of sp³-hybridized carbons (Fsp3) is 0.222. The molecule has 0 unspecified atom stereocenters. The molecular weight excluding hydrogens is 448 g/mol. The predicted molar refractivity (Wildman–Crippen MR) is 111 cm³/mol. The van der Waals surface area contributed by atoms with E-state index in [2.05, 4.69) is 26.2 Å². The van der Waals surface area contributed by atoms with Crippen LogP contribution in [-0.4, -0.2) is 42.1 Å². The molecule has 1 saturated heterocycles. The molecule has 4 rings (SSSR count). The number of benzene rings is 2. The van der Waals surface area contributed by atoms with E-state index >= 15 is 0 Å². The summed E-state index contributed by atoms with van der Waals surface area (Å²) in [5.41, 5.74) is 1.39. The number of fused-ring (bicyclic) bond motifs is 1. The number of carbonyl (C=O) groups excluding carboxylic acids is 1. The highest BCUT2D eigenvalue weighted by molar-refractivity contribution is 9.10. The van der Waals surface area contributed by atoms with Crippen molar-refractivity contribution >= 4 is 59.9 Å². The van der Waals surface area contributed by atoms with Crippen LogP contribution in [0.1, 0.15) is 10.4 Å². The monoisotopic (exact) mass is 462 g/mol. The largest absolute Gasteiger partial charge is 0.378 e. The van der Waals surface area contributed by atoms with Crippen LogP contribution in [0.3, 0.4) is 0 Å². The molecule has 2 heterocycles. The first kappa shape index (κ1) is 18.8. The lowest BCUT2D eigenvalue weighted by Crippen LogP contribution is -2.36. The molecule has 1 fully saturated rings. The molecule has 3 aromatic rings. The number of aromatic nitrogens is 1. The van der Waals surface area contributed by atoms with Crippen LogP contribution in [-0.2, 0) is 4.74 Å². The Morgan fingerprint density at radius 3 is 2.79 bits per heavy atom. The lowest BCUT2D eigenvalue weighted by Gasteiger charge is -2.28. The minimum Gasteiger partial charge on any atom is -0.378 e. The van der Waals surface area contributed by atoms with Crippen molar-refractivity contribution < 1.29 is 14.5 Å². The highest BCUT2D eigenvalue weighted by Gasteiger charge is 2.23. The number of hydrogen-bond donors (Lipinski definition) is 1. The van der Waals surface area contributed by atoms with E-state index in [4.69, 9.17) is 4.74 Å². The van der Waals surface area contributed by atoms with Gasteiger partial charge in [-0.3, -0.25) is 20.2 Å². The van der Waals surface area contributed by atoms with E-state index in [1.54, 1.807) is 12.1 Å². The smallest absolute Gasteiger partial charge is 0.293 e. The van der Waals surface area contributed by atoms with Crippen molar-refractivity contribution in [2.24, 2.45) is 0 Å². The summed E-state index contributed by atoms with van der Waals surface area (Å²) in [5, 5.41) is 14.7. The number of nitro benzene ring substituents is 1. The molecule has 0 spiro atoms. The number of nitro groups is 1. The first-order valence-electron chi connectivity index (χ1n) is 8.50. The molecule has 1 amide bonds. The number of amides is 1. The summed E-state index contributed by atoms with van der Waals surface area (Å²) in [4.78, 5) is 30.0. The second-order valence-corrected chi connectivity index (χ2v) is 8.09.